The van der Waals surface area contributed by atoms with Gasteiger partial charge in [0.1, 0.15) is 0 Å². The number of rotatable bonds is 3. The molecule has 2 unspecified atom stereocenters. The van der Waals surface area contributed by atoms with E-state index in [1.807, 2.05) is 0 Å². The number of hydrogen-bond donors (Lipinski definition) is 0. The van der Waals surface area contributed by atoms with E-state index in [0.717, 1.165) is 18.8 Å². The van der Waals surface area contributed by atoms with Crippen LogP contribution in [0, 0.1) is 11.8 Å². The Balaban J connectivity index is 2.07. The number of furan rings is 1. The summed E-state index contributed by atoms with van der Waals surface area (Å²) in [6.45, 7) is 2.21. The van der Waals surface area contributed by atoms with E-state index in [1.165, 1.54) is 19.3 Å². The van der Waals surface area contributed by atoms with Gasteiger partial charge in [0, 0.05) is 5.92 Å². The van der Waals surface area contributed by atoms with Gasteiger partial charge < -0.3 is 4.42 Å². The van der Waals surface area contributed by atoms with Crippen LogP contribution in [0.25, 0.3) is 0 Å². The first-order valence-electron chi connectivity index (χ1n) is 5.99. The van der Waals surface area contributed by atoms with Gasteiger partial charge in [-0.2, -0.15) is 0 Å². The van der Waals surface area contributed by atoms with E-state index in [2.05, 4.69) is 22.9 Å². The summed E-state index contributed by atoms with van der Waals surface area (Å²) in [6.07, 6.45) is 7.31. The number of hydrogen-bond acceptors (Lipinski definition) is 2. The quantitative estimate of drug-likeness (QED) is 0.768. The molecule has 3 heteroatoms. The van der Waals surface area contributed by atoms with Gasteiger partial charge in [-0.3, -0.25) is 4.79 Å². The molecule has 1 aliphatic rings. The summed E-state index contributed by atoms with van der Waals surface area (Å²) in [5, 5.41) is 0. The molecule has 0 spiro atoms. The van der Waals surface area contributed by atoms with Gasteiger partial charge in [-0.1, -0.05) is 26.2 Å². The lowest BCUT2D eigenvalue weighted by Crippen LogP contribution is -2.22. The molecular formula is C13H17BrO2. The van der Waals surface area contributed by atoms with Crippen LogP contribution in [-0.4, -0.2) is 5.78 Å². The first kappa shape index (κ1) is 11.9. The van der Waals surface area contributed by atoms with Crippen molar-refractivity contribution in [2.45, 2.75) is 39.0 Å². The van der Waals surface area contributed by atoms with Gasteiger partial charge in [-0.05, 0) is 40.8 Å². The van der Waals surface area contributed by atoms with E-state index in [1.54, 1.807) is 12.3 Å². The molecule has 16 heavy (non-hydrogen) atoms. The molecule has 0 amide bonds. The highest BCUT2D eigenvalue weighted by Gasteiger charge is 2.28. The number of halogens is 1. The lowest BCUT2D eigenvalue weighted by molar-refractivity contribution is 0.0860. The van der Waals surface area contributed by atoms with E-state index in [0.29, 0.717) is 10.2 Å². The highest BCUT2D eigenvalue weighted by Crippen LogP contribution is 2.34. The zero-order valence-electron chi connectivity index (χ0n) is 9.54. The highest BCUT2D eigenvalue weighted by atomic mass is 79.9. The van der Waals surface area contributed by atoms with E-state index >= 15 is 0 Å². The summed E-state index contributed by atoms with van der Waals surface area (Å²) in [5.41, 5.74) is 0.710. The van der Waals surface area contributed by atoms with Crippen LogP contribution in [0.3, 0.4) is 0 Å². The fraction of sp³-hybridized carbons (Fsp3) is 0.615. The number of ketones is 1. The van der Waals surface area contributed by atoms with Crippen molar-refractivity contribution in [3.05, 3.63) is 22.6 Å². The molecule has 1 aromatic rings. The molecule has 0 aromatic carbocycles. The Morgan fingerprint density at radius 2 is 2.38 bits per heavy atom. The molecule has 1 saturated carbocycles. The minimum absolute atomic E-state index is 0.201. The third-order valence-electron chi connectivity index (χ3n) is 3.61. The topological polar surface area (TPSA) is 30.2 Å². The second kappa shape index (κ2) is 5.17. The molecule has 0 saturated heterocycles. The Morgan fingerprint density at radius 3 is 3.00 bits per heavy atom. The molecule has 2 rings (SSSR count). The third kappa shape index (κ3) is 2.40. The van der Waals surface area contributed by atoms with Crippen LogP contribution in [0.15, 0.2) is 21.4 Å². The molecular weight excluding hydrogens is 268 g/mol. The molecule has 1 fully saturated rings. The largest absolute Gasteiger partial charge is 0.457 e. The number of carbonyl (C=O) groups excluding carboxylic acids is 1. The normalized spacial score (nSPS) is 25.6. The van der Waals surface area contributed by atoms with Crippen LogP contribution in [-0.2, 0) is 0 Å². The van der Waals surface area contributed by atoms with Gasteiger partial charge >= 0.3 is 0 Å². The van der Waals surface area contributed by atoms with Crippen molar-refractivity contribution in [1.82, 2.24) is 0 Å². The Hall–Kier alpha value is -0.570. The average Bonchev–Trinajstić information content (AvgIpc) is 2.74. The van der Waals surface area contributed by atoms with Crippen molar-refractivity contribution in [2.24, 2.45) is 11.8 Å². The number of Topliss-reactive ketones (excluding diaryl/α,β-unsaturated/α-hetero) is 1. The van der Waals surface area contributed by atoms with E-state index < -0.39 is 0 Å². The van der Waals surface area contributed by atoms with Crippen molar-refractivity contribution in [2.75, 3.05) is 0 Å². The molecule has 2 nitrogen and oxygen atoms in total. The third-order valence-corrected chi connectivity index (χ3v) is 4.23. The molecule has 1 heterocycles. The van der Waals surface area contributed by atoms with Crippen molar-refractivity contribution >= 4 is 21.7 Å². The van der Waals surface area contributed by atoms with E-state index in [-0.39, 0.29) is 11.7 Å². The lowest BCUT2D eigenvalue weighted by Gasteiger charge is -2.27. The van der Waals surface area contributed by atoms with Gasteiger partial charge in [0.05, 0.1) is 11.8 Å². The van der Waals surface area contributed by atoms with Gasteiger partial charge in [-0.25, -0.2) is 0 Å². The maximum atomic E-state index is 12.3. The first-order chi connectivity index (χ1) is 7.72. The molecule has 0 radical (unpaired) electrons. The summed E-state index contributed by atoms with van der Waals surface area (Å²) in [4.78, 5) is 12.3. The first-order valence-corrected chi connectivity index (χ1v) is 6.78. The minimum Gasteiger partial charge on any atom is -0.457 e. The van der Waals surface area contributed by atoms with Gasteiger partial charge in [0.25, 0.3) is 0 Å². The predicted octanol–water partition coefficient (Wildman–Crippen LogP) is 4.44. The molecule has 1 aromatic heterocycles. The van der Waals surface area contributed by atoms with E-state index in [9.17, 15) is 4.79 Å². The van der Waals surface area contributed by atoms with Crippen molar-refractivity contribution in [3.63, 3.8) is 0 Å². The fourth-order valence-electron chi connectivity index (χ4n) is 2.59. The molecule has 1 aliphatic carbocycles. The Labute approximate surface area is 105 Å². The Kier molecular flexibility index (Phi) is 3.85. The Morgan fingerprint density at radius 1 is 1.56 bits per heavy atom. The maximum Gasteiger partial charge on any atom is 0.179 e. The average molecular weight is 285 g/mol. The van der Waals surface area contributed by atoms with Crippen LogP contribution in [0.1, 0.15) is 49.4 Å². The second-order valence-corrected chi connectivity index (χ2v) is 5.33. The Bertz CT molecular complexity index is 370. The van der Waals surface area contributed by atoms with Crippen molar-refractivity contribution < 1.29 is 9.21 Å². The summed E-state index contributed by atoms with van der Waals surface area (Å²) < 4.78 is 5.71. The minimum atomic E-state index is 0.201. The zero-order valence-corrected chi connectivity index (χ0v) is 11.1. The molecule has 0 aliphatic heterocycles. The van der Waals surface area contributed by atoms with Gasteiger partial charge in [0.15, 0.2) is 10.5 Å². The maximum absolute atomic E-state index is 12.3. The van der Waals surface area contributed by atoms with Crippen LogP contribution in [0.5, 0.6) is 0 Å². The van der Waals surface area contributed by atoms with Crippen molar-refractivity contribution in [1.29, 1.82) is 0 Å². The SMILES string of the molecule is CCC1CCCC(C(=O)c2ccoc2Br)C1. The molecule has 0 N–H and O–H groups in total. The summed E-state index contributed by atoms with van der Waals surface area (Å²) in [6, 6.07) is 1.77. The van der Waals surface area contributed by atoms with Gasteiger partial charge in [0.2, 0.25) is 0 Å². The van der Waals surface area contributed by atoms with Crippen LogP contribution in [0.2, 0.25) is 0 Å². The predicted molar refractivity (Wildman–Crippen MR) is 66.5 cm³/mol. The molecule has 88 valence electrons. The van der Waals surface area contributed by atoms with Crippen molar-refractivity contribution in [3.8, 4) is 0 Å². The van der Waals surface area contributed by atoms with E-state index in [4.69, 9.17) is 4.42 Å². The monoisotopic (exact) mass is 284 g/mol. The van der Waals surface area contributed by atoms with Gasteiger partial charge in [-0.15, -0.1) is 0 Å². The highest BCUT2D eigenvalue weighted by molar-refractivity contribution is 9.10. The summed E-state index contributed by atoms with van der Waals surface area (Å²) in [7, 11) is 0. The smallest absolute Gasteiger partial charge is 0.179 e. The fourth-order valence-corrected chi connectivity index (χ4v) is 3.03. The lowest BCUT2D eigenvalue weighted by atomic mass is 9.77. The second-order valence-electron chi connectivity index (χ2n) is 4.61. The van der Waals surface area contributed by atoms with Crippen LogP contribution >= 0.6 is 15.9 Å². The standard InChI is InChI=1S/C13H17BrO2/c1-2-9-4-3-5-10(8-9)12(15)11-6-7-16-13(11)14/h6-7,9-10H,2-5,8H2,1H3. The van der Waals surface area contributed by atoms with Crippen LogP contribution in [0.4, 0.5) is 0 Å². The summed E-state index contributed by atoms with van der Waals surface area (Å²) >= 11 is 3.28. The zero-order chi connectivity index (χ0) is 11.5. The molecule has 2 atom stereocenters. The summed E-state index contributed by atoms with van der Waals surface area (Å²) in [5.74, 6) is 1.18. The molecule has 0 bridgehead atoms. The number of carbonyl (C=O) groups is 1. The van der Waals surface area contributed by atoms with Crippen LogP contribution < -0.4 is 0 Å².